The molecule has 1 N–H and O–H groups in total. The van der Waals surface area contributed by atoms with Crippen molar-refractivity contribution in [2.75, 3.05) is 5.32 Å². The van der Waals surface area contributed by atoms with Gasteiger partial charge in [0.2, 0.25) is 0 Å². The third kappa shape index (κ3) is 3.41. The van der Waals surface area contributed by atoms with Crippen molar-refractivity contribution in [2.24, 2.45) is 5.92 Å². The SMILES string of the molecule is Cc1cccc(-c2cnc3ccc(NC4CCC(CC#N)CC4)nn23)c1. The average molecular weight is 345 g/mol. The molecule has 0 bridgehead atoms. The van der Waals surface area contributed by atoms with Gasteiger partial charge in [0.15, 0.2) is 5.65 Å². The van der Waals surface area contributed by atoms with Crippen molar-refractivity contribution >= 4 is 11.5 Å². The molecule has 4 rings (SSSR count). The van der Waals surface area contributed by atoms with Crippen molar-refractivity contribution in [3.8, 4) is 17.3 Å². The molecule has 0 unspecified atom stereocenters. The lowest BCUT2D eigenvalue weighted by atomic mass is 9.84. The predicted molar refractivity (Wildman–Crippen MR) is 103 cm³/mol. The summed E-state index contributed by atoms with van der Waals surface area (Å²) in [6, 6.07) is 15.1. The number of fused-ring (bicyclic) bond motifs is 1. The van der Waals surface area contributed by atoms with E-state index in [0.29, 0.717) is 18.4 Å². The van der Waals surface area contributed by atoms with Crippen molar-refractivity contribution in [3.05, 3.63) is 48.2 Å². The first-order chi connectivity index (χ1) is 12.7. The maximum Gasteiger partial charge on any atom is 0.154 e. The molecule has 0 radical (unpaired) electrons. The van der Waals surface area contributed by atoms with Crippen LogP contribution in [0.15, 0.2) is 42.6 Å². The van der Waals surface area contributed by atoms with E-state index >= 15 is 0 Å². The average Bonchev–Trinajstić information content (AvgIpc) is 3.07. The minimum Gasteiger partial charge on any atom is -0.366 e. The highest BCUT2D eigenvalue weighted by molar-refractivity contribution is 5.64. The third-order valence-electron chi connectivity index (χ3n) is 5.25. The Morgan fingerprint density at radius 1 is 1.19 bits per heavy atom. The molecule has 0 amide bonds. The van der Waals surface area contributed by atoms with Gasteiger partial charge in [-0.1, -0.05) is 23.8 Å². The van der Waals surface area contributed by atoms with E-state index in [1.54, 1.807) is 0 Å². The smallest absolute Gasteiger partial charge is 0.154 e. The van der Waals surface area contributed by atoms with Gasteiger partial charge in [0.1, 0.15) is 5.82 Å². The highest BCUT2D eigenvalue weighted by Crippen LogP contribution is 2.28. The van der Waals surface area contributed by atoms with Gasteiger partial charge in [0.25, 0.3) is 0 Å². The summed E-state index contributed by atoms with van der Waals surface area (Å²) >= 11 is 0. The van der Waals surface area contributed by atoms with E-state index in [9.17, 15) is 0 Å². The first-order valence-corrected chi connectivity index (χ1v) is 9.28. The zero-order chi connectivity index (χ0) is 17.9. The van der Waals surface area contributed by atoms with Crippen molar-refractivity contribution < 1.29 is 0 Å². The Hall–Kier alpha value is -2.87. The zero-order valence-electron chi connectivity index (χ0n) is 15.0. The third-order valence-corrected chi connectivity index (χ3v) is 5.25. The van der Waals surface area contributed by atoms with Crippen LogP contribution in [-0.2, 0) is 0 Å². The summed E-state index contributed by atoms with van der Waals surface area (Å²) < 4.78 is 1.92. The first-order valence-electron chi connectivity index (χ1n) is 9.28. The Labute approximate surface area is 153 Å². The van der Waals surface area contributed by atoms with Gasteiger partial charge in [-0.2, -0.15) is 5.26 Å². The molecule has 132 valence electrons. The van der Waals surface area contributed by atoms with Crippen LogP contribution in [0.1, 0.15) is 37.7 Å². The van der Waals surface area contributed by atoms with E-state index in [-0.39, 0.29) is 0 Å². The lowest BCUT2D eigenvalue weighted by Crippen LogP contribution is -2.26. The van der Waals surface area contributed by atoms with E-state index in [4.69, 9.17) is 10.4 Å². The summed E-state index contributed by atoms with van der Waals surface area (Å²) in [4.78, 5) is 4.49. The standard InChI is InChI=1S/C21H23N5/c1-15-3-2-4-17(13-15)19-14-23-21-10-9-20(25-26(19)21)24-18-7-5-16(6-8-18)11-12-22/h2-4,9-10,13-14,16,18H,5-8,11H2,1H3,(H,24,25). The second kappa shape index (κ2) is 7.17. The van der Waals surface area contributed by atoms with E-state index in [1.807, 2.05) is 22.8 Å². The molecule has 3 aromatic rings. The van der Waals surface area contributed by atoms with Crippen LogP contribution in [0.5, 0.6) is 0 Å². The van der Waals surface area contributed by atoms with Gasteiger partial charge in [-0.05, 0) is 56.7 Å². The lowest BCUT2D eigenvalue weighted by molar-refractivity contribution is 0.342. The Kier molecular flexibility index (Phi) is 4.57. The molecular weight excluding hydrogens is 322 g/mol. The number of imidazole rings is 1. The minimum absolute atomic E-state index is 0.431. The number of anilines is 1. The van der Waals surface area contributed by atoms with Gasteiger partial charge in [-0.25, -0.2) is 9.50 Å². The number of aryl methyl sites for hydroxylation is 1. The number of rotatable bonds is 4. The summed E-state index contributed by atoms with van der Waals surface area (Å²) in [5.74, 6) is 1.45. The fourth-order valence-corrected chi connectivity index (χ4v) is 3.80. The van der Waals surface area contributed by atoms with Crippen LogP contribution in [0.3, 0.4) is 0 Å². The molecule has 1 aromatic carbocycles. The van der Waals surface area contributed by atoms with Gasteiger partial charge in [0.05, 0.1) is 18.0 Å². The largest absolute Gasteiger partial charge is 0.366 e. The summed E-state index contributed by atoms with van der Waals surface area (Å²) in [6.45, 7) is 2.09. The number of nitriles is 1. The summed E-state index contributed by atoms with van der Waals surface area (Å²) in [6.07, 6.45) is 7.00. The fraction of sp³-hybridized carbons (Fsp3) is 0.381. The van der Waals surface area contributed by atoms with Crippen LogP contribution in [0.4, 0.5) is 5.82 Å². The molecule has 26 heavy (non-hydrogen) atoms. The number of nitrogens with one attached hydrogen (secondary N) is 1. The monoisotopic (exact) mass is 345 g/mol. The number of nitrogens with zero attached hydrogens (tertiary/aromatic N) is 4. The highest BCUT2D eigenvalue weighted by Gasteiger charge is 2.21. The van der Waals surface area contributed by atoms with Crippen molar-refractivity contribution in [1.29, 1.82) is 5.26 Å². The second-order valence-electron chi connectivity index (χ2n) is 7.23. The van der Waals surface area contributed by atoms with Crippen molar-refractivity contribution in [1.82, 2.24) is 14.6 Å². The molecule has 1 fully saturated rings. The van der Waals surface area contributed by atoms with E-state index in [2.05, 4.69) is 47.6 Å². The maximum atomic E-state index is 8.85. The van der Waals surface area contributed by atoms with Gasteiger partial charge < -0.3 is 5.32 Å². The zero-order valence-corrected chi connectivity index (χ0v) is 15.0. The quantitative estimate of drug-likeness (QED) is 0.751. The van der Waals surface area contributed by atoms with Crippen LogP contribution < -0.4 is 5.32 Å². The molecule has 0 aliphatic heterocycles. The summed E-state index contributed by atoms with van der Waals surface area (Å²) in [7, 11) is 0. The number of benzene rings is 1. The summed E-state index contributed by atoms with van der Waals surface area (Å²) in [5, 5.41) is 17.2. The first kappa shape index (κ1) is 16.6. The van der Waals surface area contributed by atoms with Crippen LogP contribution in [0.25, 0.3) is 16.9 Å². The normalized spacial score (nSPS) is 20.0. The van der Waals surface area contributed by atoms with Gasteiger partial charge in [-0.15, -0.1) is 5.10 Å². The predicted octanol–water partition coefficient (Wildman–Crippen LogP) is 4.59. The number of aromatic nitrogens is 3. The van der Waals surface area contributed by atoms with Crippen LogP contribution in [0.2, 0.25) is 0 Å². The molecule has 5 heteroatoms. The van der Waals surface area contributed by atoms with Crippen LogP contribution in [0, 0.1) is 24.2 Å². The molecular formula is C21H23N5. The van der Waals surface area contributed by atoms with Crippen molar-refractivity contribution in [2.45, 2.75) is 45.1 Å². The molecule has 2 aromatic heterocycles. The van der Waals surface area contributed by atoms with Crippen molar-refractivity contribution in [3.63, 3.8) is 0 Å². The fourth-order valence-electron chi connectivity index (χ4n) is 3.80. The lowest BCUT2D eigenvalue weighted by Gasteiger charge is -2.28. The topological polar surface area (TPSA) is 66.0 Å². The molecule has 5 nitrogen and oxygen atoms in total. The number of hydrogen-bond donors (Lipinski definition) is 1. The van der Waals surface area contributed by atoms with Gasteiger partial charge in [-0.3, -0.25) is 0 Å². The Morgan fingerprint density at radius 3 is 2.81 bits per heavy atom. The summed E-state index contributed by atoms with van der Waals surface area (Å²) in [5.41, 5.74) is 4.20. The van der Waals surface area contributed by atoms with E-state index < -0.39 is 0 Å². The molecule has 0 saturated heterocycles. The minimum atomic E-state index is 0.431. The maximum absolute atomic E-state index is 8.85. The van der Waals surface area contributed by atoms with Gasteiger partial charge >= 0.3 is 0 Å². The van der Waals surface area contributed by atoms with Gasteiger partial charge in [0, 0.05) is 18.0 Å². The number of hydrogen-bond acceptors (Lipinski definition) is 4. The molecule has 0 spiro atoms. The van der Waals surface area contributed by atoms with Crippen LogP contribution in [-0.4, -0.2) is 20.6 Å². The Bertz CT molecular complexity index is 944. The molecule has 2 heterocycles. The van der Waals surface area contributed by atoms with Crippen LogP contribution >= 0.6 is 0 Å². The molecule has 1 saturated carbocycles. The Morgan fingerprint density at radius 2 is 2.04 bits per heavy atom. The molecule has 1 aliphatic rings. The van der Waals surface area contributed by atoms with E-state index in [1.165, 1.54) is 5.56 Å². The molecule has 0 atom stereocenters. The van der Waals surface area contributed by atoms with E-state index in [0.717, 1.165) is 48.4 Å². The second-order valence-corrected chi connectivity index (χ2v) is 7.23. The molecule has 1 aliphatic carbocycles. The Balaban J connectivity index is 1.54. The highest BCUT2D eigenvalue weighted by atomic mass is 15.3.